The molecule has 0 fully saturated rings. The molecule has 0 aliphatic carbocycles. The molecule has 0 unspecified atom stereocenters. The molecule has 1 heterocycles. The van der Waals surface area contributed by atoms with Crippen molar-refractivity contribution in [3.8, 4) is 0 Å². The lowest BCUT2D eigenvalue weighted by Crippen LogP contribution is -2.21. The molecule has 0 bridgehead atoms. The van der Waals surface area contributed by atoms with Gasteiger partial charge in [-0.25, -0.2) is 0 Å². The topological polar surface area (TPSA) is 62.6 Å². The van der Waals surface area contributed by atoms with Gasteiger partial charge in [-0.15, -0.1) is 11.8 Å². The zero-order valence-electron chi connectivity index (χ0n) is 12.5. The molecule has 6 heteroatoms. The second kappa shape index (κ2) is 7.70. The molecule has 1 N–H and O–H groups in total. The first-order valence-corrected chi connectivity index (χ1v) is 7.93. The summed E-state index contributed by atoms with van der Waals surface area (Å²) in [6, 6.07) is 10.6. The van der Waals surface area contributed by atoms with Crippen LogP contribution in [0.3, 0.4) is 0 Å². The Morgan fingerprint density at radius 2 is 1.91 bits per heavy atom. The highest BCUT2D eigenvalue weighted by atomic mass is 32.2. The first kappa shape index (κ1) is 16.2. The van der Waals surface area contributed by atoms with Crippen LogP contribution in [0.25, 0.3) is 0 Å². The van der Waals surface area contributed by atoms with Crippen molar-refractivity contribution in [1.82, 2.24) is 4.90 Å². The largest absolute Gasteiger partial charge is 0.468 e. The fraction of sp³-hybridized carbons (Fsp3) is 0.250. The first-order valence-electron chi connectivity index (χ1n) is 6.78. The Balaban J connectivity index is 1.80. The number of amides is 2. The van der Waals surface area contributed by atoms with Crippen LogP contribution in [0.4, 0.5) is 5.69 Å². The van der Waals surface area contributed by atoms with E-state index in [2.05, 4.69) is 5.32 Å². The molecule has 1 aromatic carbocycles. The molecule has 0 aliphatic heterocycles. The van der Waals surface area contributed by atoms with Crippen LogP contribution in [0.15, 0.2) is 47.1 Å². The molecule has 0 aliphatic rings. The van der Waals surface area contributed by atoms with Crippen molar-refractivity contribution in [3.63, 3.8) is 0 Å². The van der Waals surface area contributed by atoms with Gasteiger partial charge in [-0.3, -0.25) is 9.59 Å². The maximum absolute atomic E-state index is 11.8. The quantitative estimate of drug-likeness (QED) is 0.889. The molecule has 2 aromatic rings. The molecule has 0 saturated heterocycles. The summed E-state index contributed by atoms with van der Waals surface area (Å²) in [6.07, 6.45) is 1.62. The Labute approximate surface area is 133 Å². The predicted molar refractivity (Wildman–Crippen MR) is 88.0 cm³/mol. The van der Waals surface area contributed by atoms with E-state index in [0.29, 0.717) is 22.8 Å². The van der Waals surface area contributed by atoms with Gasteiger partial charge in [-0.05, 0) is 36.4 Å². The third kappa shape index (κ3) is 4.66. The summed E-state index contributed by atoms with van der Waals surface area (Å²) in [5, 5.41) is 2.80. The highest BCUT2D eigenvalue weighted by Crippen LogP contribution is 2.14. The smallest absolute Gasteiger partial charge is 0.253 e. The minimum atomic E-state index is -0.0803. The van der Waals surface area contributed by atoms with E-state index in [1.807, 2.05) is 12.1 Å². The van der Waals surface area contributed by atoms with Crippen LogP contribution >= 0.6 is 11.8 Å². The minimum Gasteiger partial charge on any atom is -0.468 e. The summed E-state index contributed by atoms with van der Waals surface area (Å²) in [6.45, 7) is 0. The SMILES string of the molecule is CN(C)C(=O)c1ccc(NC(=O)CSCc2ccco2)cc1. The summed E-state index contributed by atoms with van der Waals surface area (Å²) in [5.41, 5.74) is 1.27. The molecule has 5 nitrogen and oxygen atoms in total. The van der Waals surface area contributed by atoms with Crippen molar-refractivity contribution in [2.45, 2.75) is 5.75 Å². The fourth-order valence-corrected chi connectivity index (χ4v) is 2.52. The standard InChI is InChI=1S/C16H18N2O3S/c1-18(2)16(20)12-5-7-13(8-6-12)17-15(19)11-22-10-14-4-3-9-21-14/h3-9H,10-11H2,1-2H3,(H,17,19). The lowest BCUT2D eigenvalue weighted by Gasteiger charge is -2.11. The Morgan fingerprint density at radius 1 is 1.18 bits per heavy atom. The van der Waals surface area contributed by atoms with E-state index >= 15 is 0 Å². The van der Waals surface area contributed by atoms with Gasteiger partial charge in [0.2, 0.25) is 5.91 Å². The molecule has 2 amide bonds. The van der Waals surface area contributed by atoms with E-state index in [4.69, 9.17) is 4.42 Å². The first-order chi connectivity index (χ1) is 10.6. The van der Waals surface area contributed by atoms with Crippen LogP contribution in [-0.4, -0.2) is 36.6 Å². The van der Waals surface area contributed by atoms with Crippen molar-refractivity contribution >= 4 is 29.3 Å². The molecular formula is C16H18N2O3S. The van der Waals surface area contributed by atoms with E-state index in [-0.39, 0.29) is 11.8 Å². The molecule has 1 aromatic heterocycles. The molecule has 0 atom stereocenters. The number of furan rings is 1. The summed E-state index contributed by atoms with van der Waals surface area (Å²) >= 11 is 1.48. The fourth-order valence-electron chi connectivity index (χ4n) is 1.79. The summed E-state index contributed by atoms with van der Waals surface area (Å²) in [5.74, 6) is 1.72. The second-order valence-corrected chi connectivity index (χ2v) is 5.88. The maximum Gasteiger partial charge on any atom is 0.253 e. The molecule has 0 saturated carbocycles. The number of hydrogen-bond donors (Lipinski definition) is 1. The predicted octanol–water partition coefficient (Wildman–Crippen LogP) is 2.85. The monoisotopic (exact) mass is 318 g/mol. The zero-order valence-corrected chi connectivity index (χ0v) is 13.4. The van der Waals surface area contributed by atoms with Crippen LogP contribution in [0, 0.1) is 0 Å². The number of nitrogens with zero attached hydrogens (tertiary/aromatic N) is 1. The van der Waals surface area contributed by atoms with Gasteiger partial charge >= 0.3 is 0 Å². The Kier molecular flexibility index (Phi) is 5.66. The number of benzene rings is 1. The van der Waals surface area contributed by atoms with E-state index in [1.54, 1.807) is 44.6 Å². The van der Waals surface area contributed by atoms with Gasteiger partial charge in [0, 0.05) is 25.3 Å². The number of anilines is 1. The van der Waals surface area contributed by atoms with E-state index in [1.165, 1.54) is 16.7 Å². The number of carbonyl (C=O) groups is 2. The molecule has 0 radical (unpaired) electrons. The van der Waals surface area contributed by atoms with Crippen molar-refractivity contribution in [2.24, 2.45) is 0 Å². The number of rotatable bonds is 6. The molecule has 116 valence electrons. The van der Waals surface area contributed by atoms with E-state index in [0.717, 1.165) is 5.76 Å². The van der Waals surface area contributed by atoms with Gasteiger partial charge in [0.1, 0.15) is 5.76 Å². The van der Waals surface area contributed by atoms with Gasteiger partial charge in [0.25, 0.3) is 5.91 Å². The Hall–Kier alpha value is -2.21. The molecule has 2 rings (SSSR count). The van der Waals surface area contributed by atoms with Gasteiger partial charge < -0.3 is 14.6 Å². The molecular weight excluding hydrogens is 300 g/mol. The average molecular weight is 318 g/mol. The average Bonchev–Trinajstić information content (AvgIpc) is 3.00. The lowest BCUT2D eigenvalue weighted by atomic mass is 10.2. The second-order valence-electron chi connectivity index (χ2n) is 4.90. The molecule has 22 heavy (non-hydrogen) atoms. The zero-order chi connectivity index (χ0) is 15.9. The number of carbonyl (C=O) groups excluding carboxylic acids is 2. The maximum atomic E-state index is 11.8. The van der Waals surface area contributed by atoms with Gasteiger partial charge in [-0.1, -0.05) is 0 Å². The van der Waals surface area contributed by atoms with E-state index < -0.39 is 0 Å². The number of thioether (sulfide) groups is 1. The summed E-state index contributed by atoms with van der Waals surface area (Å²) < 4.78 is 5.20. The highest BCUT2D eigenvalue weighted by molar-refractivity contribution is 7.99. The van der Waals surface area contributed by atoms with Crippen LogP contribution in [0.2, 0.25) is 0 Å². The van der Waals surface area contributed by atoms with Gasteiger partial charge in [0.05, 0.1) is 17.8 Å². The Morgan fingerprint density at radius 3 is 2.50 bits per heavy atom. The van der Waals surface area contributed by atoms with Gasteiger partial charge in [-0.2, -0.15) is 0 Å². The third-order valence-electron chi connectivity index (χ3n) is 2.88. The number of nitrogens with one attached hydrogen (secondary N) is 1. The van der Waals surface area contributed by atoms with Crippen LogP contribution in [-0.2, 0) is 10.5 Å². The lowest BCUT2D eigenvalue weighted by molar-refractivity contribution is -0.113. The van der Waals surface area contributed by atoms with Gasteiger partial charge in [0.15, 0.2) is 0 Å². The van der Waals surface area contributed by atoms with Crippen molar-refractivity contribution in [2.75, 3.05) is 25.2 Å². The third-order valence-corrected chi connectivity index (χ3v) is 3.83. The Bertz CT molecular complexity index is 621. The van der Waals surface area contributed by atoms with Crippen molar-refractivity contribution in [1.29, 1.82) is 0 Å². The van der Waals surface area contributed by atoms with E-state index in [9.17, 15) is 9.59 Å². The van der Waals surface area contributed by atoms with Crippen LogP contribution in [0.5, 0.6) is 0 Å². The molecule has 0 spiro atoms. The number of hydrogen-bond acceptors (Lipinski definition) is 4. The summed E-state index contributed by atoms with van der Waals surface area (Å²) in [7, 11) is 3.41. The summed E-state index contributed by atoms with van der Waals surface area (Å²) in [4.78, 5) is 25.1. The highest BCUT2D eigenvalue weighted by Gasteiger charge is 2.08. The normalized spacial score (nSPS) is 10.3. The van der Waals surface area contributed by atoms with Crippen molar-refractivity contribution in [3.05, 3.63) is 54.0 Å². The van der Waals surface area contributed by atoms with Crippen molar-refractivity contribution < 1.29 is 14.0 Å². The van der Waals surface area contributed by atoms with Crippen LogP contribution in [0.1, 0.15) is 16.1 Å². The van der Waals surface area contributed by atoms with Crippen LogP contribution < -0.4 is 5.32 Å². The minimum absolute atomic E-state index is 0.0631.